The van der Waals surface area contributed by atoms with Crippen LogP contribution in [-0.2, 0) is 35.5 Å². The Morgan fingerprint density at radius 2 is 1.97 bits per heavy atom. The highest BCUT2D eigenvalue weighted by atomic mass is 32.2. The third-order valence-electron chi connectivity index (χ3n) is 5.35. The Hall–Kier alpha value is -3.09. The zero-order valence-corrected chi connectivity index (χ0v) is 19.2. The van der Waals surface area contributed by atoms with Crippen LogP contribution >= 0.6 is 12.2 Å². The van der Waals surface area contributed by atoms with E-state index in [0.717, 1.165) is 5.56 Å². The van der Waals surface area contributed by atoms with E-state index in [0.29, 0.717) is 36.6 Å². The predicted octanol–water partition coefficient (Wildman–Crippen LogP) is 0.743. The number of primary sulfonamides is 1. The van der Waals surface area contributed by atoms with E-state index in [-0.39, 0.29) is 41.6 Å². The summed E-state index contributed by atoms with van der Waals surface area (Å²) in [5, 5.41) is 8.06. The zero-order chi connectivity index (χ0) is 23.6. The van der Waals surface area contributed by atoms with Crippen LogP contribution < -0.4 is 10.5 Å². The van der Waals surface area contributed by atoms with Gasteiger partial charge in [0, 0.05) is 25.6 Å². The van der Waals surface area contributed by atoms with Gasteiger partial charge < -0.3 is 14.8 Å². The van der Waals surface area contributed by atoms with Crippen LogP contribution in [0.5, 0.6) is 0 Å². The molecule has 33 heavy (non-hydrogen) atoms. The summed E-state index contributed by atoms with van der Waals surface area (Å²) in [6.45, 7) is 0.787. The van der Waals surface area contributed by atoms with E-state index in [1.807, 2.05) is 0 Å². The normalized spacial score (nSPS) is 19.5. The number of nitrogens with two attached hydrogens (primary N) is 1. The van der Waals surface area contributed by atoms with Crippen molar-refractivity contribution in [1.82, 2.24) is 10.2 Å². The van der Waals surface area contributed by atoms with Gasteiger partial charge in [0.05, 0.1) is 10.6 Å². The number of ether oxygens (including phenoxy) is 2. The van der Waals surface area contributed by atoms with Crippen LogP contribution in [0, 0.1) is 5.92 Å². The van der Waals surface area contributed by atoms with E-state index >= 15 is 0 Å². The molecule has 1 saturated heterocycles. The second kappa shape index (κ2) is 9.41. The SMILES string of the molecule is NS(=O)(=O)c1ccc(CCNC(=O)CCCN2C(=O)C3C=C4OCOC4=CC3=NC2=S)cc1. The van der Waals surface area contributed by atoms with Crippen molar-refractivity contribution in [2.24, 2.45) is 16.0 Å². The first-order valence-electron chi connectivity index (χ1n) is 10.2. The summed E-state index contributed by atoms with van der Waals surface area (Å²) < 4.78 is 33.2. The number of fused-ring (bicyclic) bond motifs is 2. The van der Waals surface area contributed by atoms with E-state index in [4.69, 9.17) is 26.8 Å². The number of hydrogen-bond acceptors (Lipinski definition) is 7. The number of thiocarbonyl (C=S) groups is 1. The molecule has 3 aliphatic rings. The highest BCUT2D eigenvalue weighted by Crippen LogP contribution is 2.31. The van der Waals surface area contributed by atoms with Gasteiger partial charge in [-0.15, -0.1) is 0 Å². The molecule has 0 bridgehead atoms. The Morgan fingerprint density at radius 1 is 1.24 bits per heavy atom. The highest BCUT2D eigenvalue weighted by Gasteiger charge is 2.38. The fourth-order valence-electron chi connectivity index (χ4n) is 3.62. The molecule has 2 heterocycles. The fourth-order valence-corrected chi connectivity index (χ4v) is 4.42. The zero-order valence-electron chi connectivity index (χ0n) is 17.5. The Kier molecular flexibility index (Phi) is 6.58. The summed E-state index contributed by atoms with van der Waals surface area (Å²) in [5.74, 6) is 0.141. The van der Waals surface area contributed by atoms with Crippen LogP contribution in [-0.4, -0.2) is 55.8 Å². The smallest absolute Gasteiger partial charge is 0.241 e. The van der Waals surface area contributed by atoms with Crippen molar-refractivity contribution in [3.05, 3.63) is 53.5 Å². The number of aliphatic imine (C=N–C) groups is 1. The lowest BCUT2D eigenvalue weighted by atomic mass is 9.94. The first-order chi connectivity index (χ1) is 15.7. The number of carbonyl (C=O) groups excluding carboxylic acids is 2. The number of nitrogens with zero attached hydrogens (tertiary/aromatic N) is 2. The Bertz CT molecular complexity index is 1190. The van der Waals surface area contributed by atoms with Gasteiger partial charge in [-0.1, -0.05) is 12.1 Å². The Morgan fingerprint density at radius 3 is 2.70 bits per heavy atom. The number of nitrogens with one attached hydrogen (secondary N) is 1. The minimum Gasteiger partial charge on any atom is -0.454 e. The Balaban J connectivity index is 1.22. The lowest BCUT2D eigenvalue weighted by molar-refractivity contribution is -0.129. The van der Waals surface area contributed by atoms with Gasteiger partial charge in [-0.2, -0.15) is 0 Å². The molecule has 3 N–H and O–H groups in total. The maximum atomic E-state index is 12.9. The molecule has 0 radical (unpaired) electrons. The lowest BCUT2D eigenvalue weighted by Crippen LogP contribution is -2.46. The molecule has 0 saturated carbocycles. The van der Waals surface area contributed by atoms with Crippen molar-refractivity contribution >= 4 is 44.9 Å². The molecular weight excluding hydrogens is 468 g/mol. The van der Waals surface area contributed by atoms with Gasteiger partial charge in [-0.3, -0.25) is 14.5 Å². The maximum Gasteiger partial charge on any atom is 0.241 e. The molecule has 2 aliphatic heterocycles. The minimum atomic E-state index is -3.72. The molecule has 1 aromatic rings. The molecule has 1 aromatic carbocycles. The number of benzene rings is 1. The summed E-state index contributed by atoms with van der Waals surface area (Å²) in [6.07, 6.45) is 4.54. The number of amides is 2. The summed E-state index contributed by atoms with van der Waals surface area (Å²) in [6, 6.07) is 6.18. The van der Waals surface area contributed by atoms with Crippen molar-refractivity contribution in [2.75, 3.05) is 19.9 Å². The van der Waals surface area contributed by atoms with E-state index in [2.05, 4.69) is 10.3 Å². The molecule has 1 fully saturated rings. The summed E-state index contributed by atoms with van der Waals surface area (Å²) in [7, 11) is -3.72. The van der Waals surface area contributed by atoms with Crippen LogP contribution in [0.25, 0.3) is 0 Å². The minimum absolute atomic E-state index is 0.0434. The van der Waals surface area contributed by atoms with Crippen molar-refractivity contribution in [3.63, 3.8) is 0 Å². The van der Waals surface area contributed by atoms with Gasteiger partial charge in [0.1, 0.15) is 5.92 Å². The van der Waals surface area contributed by atoms with Gasteiger partial charge in [-0.05, 0) is 48.8 Å². The molecule has 2 amide bonds. The van der Waals surface area contributed by atoms with Crippen LogP contribution in [0.15, 0.2) is 57.8 Å². The van der Waals surface area contributed by atoms with Gasteiger partial charge in [-0.25, -0.2) is 18.5 Å². The van der Waals surface area contributed by atoms with Crippen LogP contribution in [0.1, 0.15) is 18.4 Å². The molecule has 10 nitrogen and oxygen atoms in total. The first-order valence-corrected chi connectivity index (χ1v) is 12.2. The van der Waals surface area contributed by atoms with Crippen LogP contribution in [0.3, 0.4) is 0 Å². The number of carbonyl (C=O) groups is 2. The van der Waals surface area contributed by atoms with Gasteiger partial charge in [0.2, 0.25) is 33.7 Å². The largest absolute Gasteiger partial charge is 0.454 e. The molecule has 0 spiro atoms. The van der Waals surface area contributed by atoms with Crippen LogP contribution in [0.2, 0.25) is 0 Å². The van der Waals surface area contributed by atoms with Gasteiger partial charge in [0.25, 0.3) is 0 Å². The van der Waals surface area contributed by atoms with Crippen molar-refractivity contribution in [2.45, 2.75) is 24.2 Å². The summed E-state index contributed by atoms with van der Waals surface area (Å²) in [5.41, 5.74) is 1.40. The quantitative estimate of drug-likeness (QED) is 0.512. The van der Waals surface area contributed by atoms with Gasteiger partial charge in [0.15, 0.2) is 11.5 Å². The lowest BCUT2D eigenvalue weighted by Gasteiger charge is -2.30. The van der Waals surface area contributed by atoms with Gasteiger partial charge >= 0.3 is 0 Å². The van der Waals surface area contributed by atoms with E-state index in [1.165, 1.54) is 17.0 Å². The summed E-state index contributed by atoms with van der Waals surface area (Å²) in [4.78, 5) is 30.9. The number of sulfonamides is 1. The molecule has 1 unspecified atom stereocenters. The third kappa shape index (κ3) is 5.29. The second-order valence-corrected chi connectivity index (χ2v) is 9.55. The first kappa shape index (κ1) is 23.1. The van der Waals surface area contributed by atoms with E-state index in [9.17, 15) is 18.0 Å². The molecule has 1 atom stereocenters. The highest BCUT2D eigenvalue weighted by molar-refractivity contribution is 7.89. The molecule has 1 aliphatic carbocycles. The van der Waals surface area contributed by atoms with E-state index < -0.39 is 15.9 Å². The number of hydrogen-bond donors (Lipinski definition) is 2. The molecular formula is C21H22N4O6S2. The fraction of sp³-hybridized carbons (Fsp3) is 0.333. The molecule has 0 aromatic heterocycles. The third-order valence-corrected chi connectivity index (χ3v) is 6.59. The van der Waals surface area contributed by atoms with Crippen molar-refractivity contribution < 1.29 is 27.5 Å². The van der Waals surface area contributed by atoms with Crippen molar-refractivity contribution in [3.8, 4) is 0 Å². The maximum absolute atomic E-state index is 12.9. The molecule has 174 valence electrons. The summed E-state index contributed by atoms with van der Waals surface area (Å²) >= 11 is 5.28. The number of rotatable bonds is 8. The topological polar surface area (TPSA) is 140 Å². The van der Waals surface area contributed by atoms with E-state index in [1.54, 1.807) is 24.3 Å². The van der Waals surface area contributed by atoms with Crippen molar-refractivity contribution in [1.29, 1.82) is 0 Å². The molecule has 4 rings (SSSR count). The monoisotopic (exact) mass is 490 g/mol. The average molecular weight is 491 g/mol. The standard InChI is InChI=1S/C21H22N4O6S2/c22-33(28,29)14-5-3-13(4-6-14)7-8-23-19(26)2-1-9-25-20(27)15-10-17-18(31-12-30-17)11-16(15)24-21(25)32/h3-6,10-11,15H,1-2,7-9,12H2,(H,23,26)(H2,22,28,29). The average Bonchev–Trinajstić information content (AvgIpc) is 3.22. The second-order valence-electron chi connectivity index (χ2n) is 7.63. The Labute approximate surface area is 196 Å². The van der Waals surface area contributed by atoms with Crippen LogP contribution in [0.4, 0.5) is 0 Å². The molecule has 12 heteroatoms. The number of allylic oxidation sites excluding steroid dienone is 1. The predicted molar refractivity (Wildman–Crippen MR) is 122 cm³/mol.